The van der Waals surface area contributed by atoms with Crippen molar-refractivity contribution in [3.8, 4) is 0 Å². The quantitative estimate of drug-likeness (QED) is 0.778. The molecule has 0 unspecified atom stereocenters. The lowest BCUT2D eigenvalue weighted by atomic mass is 9.95. The summed E-state index contributed by atoms with van der Waals surface area (Å²) in [5, 5.41) is 0. The predicted molar refractivity (Wildman–Crippen MR) is 91.9 cm³/mol. The summed E-state index contributed by atoms with van der Waals surface area (Å²) in [6.45, 7) is 17.9. The van der Waals surface area contributed by atoms with Gasteiger partial charge in [0.05, 0.1) is 0 Å². The van der Waals surface area contributed by atoms with Crippen LogP contribution in [0.15, 0.2) is 0 Å². The van der Waals surface area contributed by atoms with E-state index < -0.39 is 0 Å². The van der Waals surface area contributed by atoms with Gasteiger partial charge in [0, 0.05) is 58.3 Å². The molecule has 4 heteroatoms. The molecule has 4 nitrogen and oxygen atoms in total. The number of piperidine rings is 1. The molecule has 0 atom stereocenters. The van der Waals surface area contributed by atoms with E-state index in [1.54, 1.807) is 0 Å². The van der Waals surface area contributed by atoms with Crippen LogP contribution in [0.5, 0.6) is 0 Å². The van der Waals surface area contributed by atoms with Crippen LogP contribution < -0.4 is 0 Å². The van der Waals surface area contributed by atoms with Crippen LogP contribution in [-0.2, 0) is 4.79 Å². The van der Waals surface area contributed by atoms with Crippen LogP contribution in [0.4, 0.5) is 0 Å². The molecule has 0 bridgehead atoms. The maximum Gasteiger partial charge on any atom is 0.225 e. The van der Waals surface area contributed by atoms with Gasteiger partial charge in [-0.3, -0.25) is 4.79 Å². The second-order valence-electron chi connectivity index (χ2n) is 7.92. The molecule has 1 amide bonds. The van der Waals surface area contributed by atoms with Crippen molar-refractivity contribution in [2.45, 2.75) is 40.5 Å². The zero-order valence-corrected chi connectivity index (χ0v) is 15.1. The van der Waals surface area contributed by atoms with Gasteiger partial charge in [0.25, 0.3) is 0 Å². The lowest BCUT2D eigenvalue weighted by molar-refractivity contribution is -0.135. The molecular formula is C18H35N3O. The number of piperazine rings is 1. The van der Waals surface area contributed by atoms with Crippen molar-refractivity contribution in [3.05, 3.63) is 0 Å². The maximum atomic E-state index is 12.0. The van der Waals surface area contributed by atoms with Crippen LogP contribution >= 0.6 is 0 Å². The lowest BCUT2D eigenvalue weighted by Gasteiger charge is -2.39. The number of amides is 1. The van der Waals surface area contributed by atoms with E-state index in [-0.39, 0.29) is 5.92 Å². The molecule has 0 radical (unpaired) electrons. The first-order valence-corrected chi connectivity index (χ1v) is 9.19. The maximum absolute atomic E-state index is 12.0. The van der Waals surface area contributed by atoms with E-state index in [4.69, 9.17) is 0 Å². The van der Waals surface area contributed by atoms with Crippen LogP contribution in [-0.4, -0.2) is 73.0 Å². The minimum atomic E-state index is 0.144. The summed E-state index contributed by atoms with van der Waals surface area (Å²) in [6.07, 6.45) is 2.37. The molecule has 0 aromatic heterocycles. The van der Waals surface area contributed by atoms with Crippen LogP contribution in [0.3, 0.4) is 0 Å². The van der Waals surface area contributed by atoms with Gasteiger partial charge in [-0.1, -0.05) is 27.7 Å². The first-order chi connectivity index (χ1) is 10.5. The van der Waals surface area contributed by atoms with E-state index >= 15 is 0 Å². The van der Waals surface area contributed by atoms with Crippen molar-refractivity contribution < 1.29 is 4.79 Å². The van der Waals surface area contributed by atoms with E-state index in [0.717, 1.165) is 24.9 Å². The first kappa shape index (κ1) is 17.7. The van der Waals surface area contributed by atoms with Crippen molar-refractivity contribution in [1.29, 1.82) is 0 Å². The Morgan fingerprint density at radius 3 is 1.95 bits per heavy atom. The highest BCUT2D eigenvalue weighted by Crippen LogP contribution is 2.20. The van der Waals surface area contributed by atoms with Crippen LogP contribution in [0.25, 0.3) is 0 Å². The summed E-state index contributed by atoms with van der Waals surface area (Å²) in [5.74, 6) is 2.04. The Bertz CT molecular complexity index is 340. The number of carbonyl (C=O) groups is 1. The molecule has 0 aromatic carbocycles. The topological polar surface area (TPSA) is 26.8 Å². The average Bonchev–Trinajstić information content (AvgIpc) is 2.49. The van der Waals surface area contributed by atoms with E-state index in [1.165, 1.54) is 52.1 Å². The number of rotatable bonds is 5. The molecule has 128 valence electrons. The van der Waals surface area contributed by atoms with Crippen LogP contribution in [0.1, 0.15) is 40.5 Å². The lowest BCUT2D eigenvalue weighted by Crippen LogP contribution is -2.50. The molecule has 2 saturated heterocycles. The molecule has 2 aliphatic heterocycles. The fraction of sp³-hybridized carbons (Fsp3) is 0.944. The van der Waals surface area contributed by atoms with Gasteiger partial charge in [0.15, 0.2) is 0 Å². The fourth-order valence-corrected chi connectivity index (χ4v) is 3.74. The van der Waals surface area contributed by atoms with Gasteiger partial charge in [0.2, 0.25) is 5.91 Å². The van der Waals surface area contributed by atoms with Gasteiger partial charge >= 0.3 is 0 Å². The average molecular weight is 309 g/mol. The first-order valence-electron chi connectivity index (χ1n) is 9.19. The summed E-state index contributed by atoms with van der Waals surface area (Å²) >= 11 is 0. The van der Waals surface area contributed by atoms with E-state index in [1.807, 2.05) is 13.8 Å². The third kappa shape index (κ3) is 5.24. The largest absolute Gasteiger partial charge is 0.342 e. The molecule has 2 fully saturated rings. The highest BCUT2D eigenvalue weighted by molar-refractivity contribution is 5.78. The molecule has 0 N–H and O–H groups in total. The zero-order valence-electron chi connectivity index (χ0n) is 15.1. The number of nitrogens with zero attached hydrogens (tertiary/aromatic N) is 3. The smallest absolute Gasteiger partial charge is 0.225 e. The Balaban J connectivity index is 1.66. The van der Waals surface area contributed by atoms with Gasteiger partial charge in [-0.2, -0.15) is 0 Å². The Morgan fingerprint density at radius 1 is 0.909 bits per heavy atom. The van der Waals surface area contributed by atoms with E-state index in [0.29, 0.717) is 5.91 Å². The number of likely N-dealkylation sites (tertiary alicyclic amines) is 1. The molecule has 0 spiro atoms. The van der Waals surface area contributed by atoms with Gasteiger partial charge in [-0.05, 0) is 24.7 Å². The minimum absolute atomic E-state index is 0.144. The second-order valence-corrected chi connectivity index (χ2v) is 7.92. The zero-order chi connectivity index (χ0) is 16.1. The highest BCUT2D eigenvalue weighted by atomic mass is 16.2. The van der Waals surface area contributed by atoms with Crippen molar-refractivity contribution in [2.24, 2.45) is 17.8 Å². The minimum Gasteiger partial charge on any atom is -0.342 e. The van der Waals surface area contributed by atoms with Gasteiger partial charge < -0.3 is 14.7 Å². The predicted octanol–water partition coefficient (Wildman–Crippen LogP) is 2.15. The monoisotopic (exact) mass is 309 g/mol. The summed E-state index contributed by atoms with van der Waals surface area (Å²) in [5.41, 5.74) is 0. The van der Waals surface area contributed by atoms with Crippen molar-refractivity contribution in [1.82, 2.24) is 14.7 Å². The fourth-order valence-electron chi connectivity index (χ4n) is 3.74. The third-order valence-electron chi connectivity index (χ3n) is 5.02. The summed E-state index contributed by atoms with van der Waals surface area (Å²) in [7, 11) is 0. The molecule has 2 aliphatic rings. The standard InChI is InChI=1S/C18H35N3O/c1-15(2)13-19-9-11-20(12-10-19)14-17-5-7-21(8-6-17)18(22)16(3)4/h15-17H,5-14H2,1-4H3. The SMILES string of the molecule is CC(C)CN1CCN(CC2CCN(C(=O)C(C)C)CC2)CC1. The van der Waals surface area contributed by atoms with Crippen LogP contribution in [0.2, 0.25) is 0 Å². The van der Waals surface area contributed by atoms with Crippen molar-refractivity contribution in [3.63, 3.8) is 0 Å². The number of hydrogen-bond acceptors (Lipinski definition) is 3. The Labute approximate surface area is 136 Å². The van der Waals surface area contributed by atoms with Crippen molar-refractivity contribution in [2.75, 3.05) is 52.4 Å². The Morgan fingerprint density at radius 2 is 1.45 bits per heavy atom. The molecule has 0 aliphatic carbocycles. The van der Waals surface area contributed by atoms with E-state index in [9.17, 15) is 4.79 Å². The molecule has 2 rings (SSSR count). The molecule has 0 saturated carbocycles. The van der Waals surface area contributed by atoms with Gasteiger partial charge in [-0.25, -0.2) is 0 Å². The number of hydrogen-bond donors (Lipinski definition) is 0. The molecule has 22 heavy (non-hydrogen) atoms. The summed E-state index contributed by atoms with van der Waals surface area (Å²) in [6, 6.07) is 0. The van der Waals surface area contributed by atoms with Gasteiger partial charge in [0.1, 0.15) is 0 Å². The Hall–Kier alpha value is -0.610. The van der Waals surface area contributed by atoms with E-state index in [2.05, 4.69) is 28.5 Å². The second kappa shape index (κ2) is 8.30. The van der Waals surface area contributed by atoms with Crippen molar-refractivity contribution >= 4 is 5.91 Å². The molecule has 2 heterocycles. The normalized spacial score (nSPS) is 22.7. The van der Waals surface area contributed by atoms with Gasteiger partial charge in [-0.15, -0.1) is 0 Å². The summed E-state index contributed by atoms with van der Waals surface area (Å²) < 4.78 is 0. The summed E-state index contributed by atoms with van der Waals surface area (Å²) in [4.78, 5) is 19.3. The molecule has 0 aromatic rings. The third-order valence-corrected chi connectivity index (χ3v) is 5.02. The highest BCUT2D eigenvalue weighted by Gasteiger charge is 2.26. The number of carbonyl (C=O) groups excluding carboxylic acids is 1. The van der Waals surface area contributed by atoms with Crippen LogP contribution in [0, 0.1) is 17.8 Å². The Kier molecular flexibility index (Phi) is 6.69. The molecular weight excluding hydrogens is 274 g/mol.